The molecule has 0 radical (unpaired) electrons. The summed E-state index contributed by atoms with van der Waals surface area (Å²) in [7, 11) is -6.98. The molecule has 1 aromatic carbocycles. The zero-order valence-electron chi connectivity index (χ0n) is 23.8. The van der Waals surface area contributed by atoms with Gasteiger partial charge in [-0.15, -0.1) is 9.19 Å². The Labute approximate surface area is 255 Å². The highest BCUT2D eigenvalue weighted by Gasteiger charge is 2.26. The molecule has 0 amide bonds. The van der Waals surface area contributed by atoms with Crippen molar-refractivity contribution in [2.45, 2.75) is 38.3 Å². The molecule has 0 bridgehead atoms. The zero-order chi connectivity index (χ0) is 31.9. The van der Waals surface area contributed by atoms with E-state index < -0.39 is 37.6 Å². The van der Waals surface area contributed by atoms with E-state index in [-0.39, 0.29) is 41.7 Å². The first-order valence-corrected chi connectivity index (χ1v) is 17.3. The maximum absolute atomic E-state index is 13.8. The Balaban J connectivity index is 1.26. The molecule has 5 heterocycles. The molecule has 5 aromatic rings. The minimum atomic E-state index is -3.69. The van der Waals surface area contributed by atoms with Crippen LogP contribution in [0, 0.1) is 0 Å². The van der Waals surface area contributed by atoms with Gasteiger partial charge in [0.15, 0.2) is 0 Å². The Morgan fingerprint density at radius 2 is 1.89 bits per heavy atom. The summed E-state index contributed by atoms with van der Waals surface area (Å²) in [5, 5.41) is 7.08. The highest BCUT2D eigenvalue weighted by atomic mass is 32.2. The van der Waals surface area contributed by atoms with Crippen molar-refractivity contribution >= 4 is 48.1 Å². The average molecular weight is 663 g/mol. The van der Waals surface area contributed by atoms with Crippen molar-refractivity contribution in [1.29, 1.82) is 0 Å². The van der Waals surface area contributed by atoms with Gasteiger partial charge in [0.25, 0.3) is 22.0 Å². The summed E-state index contributed by atoms with van der Waals surface area (Å²) in [5.41, 5.74) is 0.299. The van der Waals surface area contributed by atoms with Crippen LogP contribution in [-0.2, 0) is 33.0 Å². The molecule has 0 atom stereocenters. The van der Waals surface area contributed by atoms with Gasteiger partial charge in [0, 0.05) is 30.7 Å². The number of imidazole rings is 1. The lowest BCUT2D eigenvalue weighted by Gasteiger charge is -2.30. The van der Waals surface area contributed by atoms with Gasteiger partial charge in [0.2, 0.25) is 16.0 Å². The zero-order valence-corrected chi connectivity index (χ0v) is 25.5. The Kier molecular flexibility index (Phi) is 8.08. The number of anilines is 1. The van der Waals surface area contributed by atoms with Crippen LogP contribution in [0.25, 0.3) is 22.1 Å². The molecule has 19 heteroatoms. The van der Waals surface area contributed by atoms with Crippen LogP contribution >= 0.6 is 0 Å². The second kappa shape index (κ2) is 11.9. The highest BCUT2D eigenvalue weighted by molar-refractivity contribution is 7.89. The van der Waals surface area contributed by atoms with Crippen molar-refractivity contribution in [2.24, 2.45) is 0 Å². The van der Waals surface area contributed by atoms with Crippen LogP contribution in [0.5, 0.6) is 0 Å². The van der Waals surface area contributed by atoms with E-state index in [1.54, 1.807) is 18.2 Å². The molecule has 1 aliphatic heterocycles. The van der Waals surface area contributed by atoms with Crippen LogP contribution < -0.4 is 10.9 Å². The van der Waals surface area contributed by atoms with Crippen molar-refractivity contribution in [2.75, 3.05) is 30.4 Å². The van der Waals surface area contributed by atoms with Gasteiger partial charge >= 0.3 is 0 Å². The molecule has 6 rings (SSSR count). The van der Waals surface area contributed by atoms with Crippen LogP contribution in [0.3, 0.4) is 0 Å². The van der Waals surface area contributed by atoms with Gasteiger partial charge in [-0.3, -0.25) is 9.36 Å². The maximum atomic E-state index is 13.8. The normalized spacial score (nSPS) is 15.4. The minimum Gasteiger partial charge on any atom is -0.351 e. The van der Waals surface area contributed by atoms with Gasteiger partial charge in [0.1, 0.15) is 24.1 Å². The lowest BCUT2D eigenvalue weighted by atomic mass is 10.1. The third kappa shape index (κ3) is 6.54. The van der Waals surface area contributed by atoms with E-state index in [0.717, 1.165) is 33.6 Å². The smallest absolute Gasteiger partial charge is 0.269 e. The Morgan fingerprint density at radius 1 is 1.11 bits per heavy atom. The van der Waals surface area contributed by atoms with E-state index in [1.165, 1.54) is 10.5 Å². The van der Waals surface area contributed by atoms with Gasteiger partial charge in [-0.05, 0) is 43.0 Å². The van der Waals surface area contributed by atoms with Crippen LogP contribution in [0.4, 0.5) is 14.7 Å². The Morgan fingerprint density at radius 3 is 2.58 bits per heavy atom. The SMILES string of the molecule is CS(=O)(=O)N1CCC(Nc2ncc3cc(C(F)F)c(=O)n(Cc4nc5ccc(CCS(=O)(=O)n6cncn6)cc5[nH]4)c3n2)CC1. The maximum Gasteiger partial charge on any atom is 0.269 e. The van der Waals surface area contributed by atoms with E-state index in [9.17, 15) is 30.4 Å². The van der Waals surface area contributed by atoms with Crippen LogP contribution in [0.15, 0.2) is 47.9 Å². The fourth-order valence-electron chi connectivity index (χ4n) is 5.24. The van der Waals surface area contributed by atoms with Crippen LogP contribution in [0.1, 0.15) is 36.2 Å². The third-order valence-corrected chi connectivity index (χ3v) is 10.4. The number of pyridine rings is 1. The second-order valence-electron chi connectivity index (χ2n) is 10.7. The molecule has 0 unspecified atom stereocenters. The van der Waals surface area contributed by atoms with E-state index >= 15 is 0 Å². The summed E-state index contributed by atoms with van der Waals surface area (Å²) in [6, 6.07) is 6.11. The lowest BCUT2D eigenvalue weighted by Crippen LogP contribution is -2.42. The predicted molar refractivity (Wildman–Crippen MR) is 160 cm³/mol. The van der Waals surface area contributed by atoms with Crippen molar-refractivity contribution < 1.29 is 25.6 Å². The van der Waals surface area contributed by atoms with Crippen molar-refractivity contribution in [1.82, 2.24) is 43.0 Å². The van der Waals surface area contributed by atoms with E-state index in [1.807, 2.05) is 0 Å². The molecular weight excluding hydrogens is 634 g/mol. The first-order valence-electron chi connectivity index (χ1n) is 13.8. The van der Waals surface area contributed by atoms with Gasteiger partial charge in [-0.1, -0.05) is 6.07 Å². The summed E-state index contributed by atoms with van der Waals surface area (Å²) in [4.78, 5) is 33.2. The molecule has 1 aliphatic rings. The van der Waals surface area contributed by atoms with Gasteiger partial charge in [-0.25, -0.2) is 44.9 Å². The van der Waals surface area contributed by atoms with Crippen molar-refractivity contribution in [3.05, 3.63) is 70.4 Å². The number of alkyl halides is 2. The number of hydrogen-bond donors (Lipinski definition) is 2. The van der Waals surface area contributed by atoms with Crippen molar-refractivity contribution in [3.8, 4) is 0 Å². The number of piperidine rings is 1. The summed E-state index contributed by atoms with van der Waals surface area (Å²) in [6.45, 7) is 0.458. The fourth-order valence-corrected chi connectivity index (χ4v) is 7.18. The van der Waals surface area contributed by atoms with Crippen LogP contribution in [0.2, 0.25) is 0 Å². The number of hydrogen-bond acceptors (Lipinski definition) is 11. The lowest BCUT2D eigenvalue weighted by molar-refractivity contribution is 0.149. The first kappa shape index (κ1) is 30.7. The Hall–Kier alpha value is -4.36. The Bertz CT molecular complexity index is 2140. The standard InChI is InChI=1S/C26H28F2N10O5S2/c1-44(40,41)36-7-4-18(5-8-36)32-26-30-12-17-11-19(23(27)28)25(39)37(24(17)35-26)13-22-33-20-3-2-16(10-21(20)34-22)6-9-45(42,43)38-15-29-14-31-38/h2-3,10-12,14-15,18,23H,4-9,13H2,1H3,(H,33,34)(H,30,32,35). The number of fused-ring (bicyclic) bond motifs is 2. The quantitative estimate of drug-likeness (QED) is 0.220. The number of sulfonamides is 1. The van der Waals surface area contributed by atoms with Crippen LogP contribution in [-0.4, -0.2) is 91.0 Å². The number of halogens is 2. The first-order chi connectivity index (χ1) is 21.4. The topological polar surface area (TPSA) is 191 Å². The molecule has 45 heavy (non-hydrogen) atoms. The molecule has 15 nitrogen and oxygen atoms in total. The van der Waals surface area contributed by atoms with Gasteiger partial charge < -0.3 is 10.3 Å². The molecule has 0 spiro atoms. The molecule has 1 fully saturated rings. The summed E-state index contributed by atoms with van der Waals surface area (Å²) in [6.07, 6.45) is 2.95. The predicted octanol–water partition coefficient (Wildman–Crippen LogP) is 1.50. The monoisotopic (exact) mass is 662 g/mol. The minimum absolute atomic E-state index is 0.120. The number of aromatic nitrogens is 8. The largest absolute Gasteiger partial charge is 0.351 e. The fraction of sp³-hybridized carbons (Fsp3) is 0.385. The molecule has 0 aliphatic carbocycles. The molecule has 1 saturated heterocycles. The molecular formula is C26H28F2N10O5S2. The molecule has 4 aromatic heterocycles. The van der Waals surface area contributed by atoms with Gasteiger partial charge in [-0.2, -0.15) is 4.98 Å². The number of aromatic amines is 1. The summed E-state index contributed by atoms with van der Waals surface area (Å²) < 4.78 is 79.6. The third-order valence-electron chi connectivity index (χ3n) is 7.58. The molecule has 2 N–H and O–H groups in total. The van der Waals surface area contributed by atoms with E-state index in [0.29, 0.717) is 48.4 Å². The number of H-pyrrole nitrogens is 1. The van der Waals surface area contributed by atoms with Gasteiger partial charge in [0.05, 0.1) is 35.2 Å². The summed E-state index contributed by atoms with van der Waals surface area (Å²) >= 11 is 0. The van der Waals surface area contributed by atoms with E-state index in [2.05, 4.69) is 35.3 Å². The summed E-state index contributed by atoms with van der Waals surface area (Å²) in [5.74, 6) is 0.263. The van der Waals surface area contributed by atoms with E-state index in [4.69, 9.17) is 0 Å². The number of nitrogens with one attached hydrogen (secondary N) is 2. The average Bonchev–Trinajstić information content (AvgIpc) is 3.68. The number of rotatable bonds is 10. The number of aryl methyl sites for hydroxylation is 1. The second-order valence-corrected chi connectivity index (χ2v) is 14.6. The molecule has 238 valence electrons. The number of benzene rings is 1. The van der Waals surface area contributed by atoms with Crippen molar-refractivity contribution in [3.63, 3.8) is 0 Å². The molecule has 0 saturated carbocycles. The highest BCUT2D eigenvalue weighted by Crippen LogP contribution is 2.23. The number of nitrogens with zero attached hydrogens (tertiary/aromatic N) is 8.